The van der Waals surface area contributed by atoms with Crippen LogP contribution in [0, 0.1) is 0 Å². The molecule has 3 heterocycles. The molecule has 26 heavy (non-hydrogen) atoms. The first-order valence-electron chi connectivity index (χ1n) is 9.69. The van der Waals surface area contributed by atoms with E-state index in [0.717, 1.165) is 45.6 Å². The fourth-order valence-corrected chi connectivity index (χ4v) is 5.01. The molecule has 0 aliphatic carbocycles. The Bertz CT molecular complexity index is 632. The van der Waals surface area contributed by atoms with Crippen LogP contribution in [-0.2, 0) is 11.2 Å². The number of nitrogens with zero attached hydrogens (tertiary/aromatic N) is 3. The lowest BCUT2D eigenvalue weighted by Crippen LogP contribution is -2.78. The van der Waals surface area contributed by atoms with Crippen molar-refractivity contribution in [2.45, 2.75) is 36.9 Å². The number of aliphatic hydroxyl groups is 2. The Morgan fingerprint density at radius 3 is 2.65 bits per heavy atom. The third kappa shape index (κ3) is 3.39. The van der Waals surface area contributed by atoms with E-state index in [4.69, 9.17) is 5.11 Å². The summed E-state index contributed by atoms with van der Waals surface area (Å²) in [6.45, 7) is 4.95. The molecule has 0 saturated carbocycles. The number of β-amino-alcohol motifs (C(OH)–C–C–N with tert-alkyl or cyclic N) is 1. The van der Waals surface area contributed by atoms with Crippen LogP contribution >= 0.6 is 0 Å². The molecule has 1 aromatic rings. The summed E-state index contributed by atoms with van der Waals surface area (Å²) >= 11 is 0. The topological polar surface area (TPSA) is 67.2 Å². The molecule has 142 valence electrons. The number of carbonyl (C=O) groups is 1. The fourth-order valence-electron chi connectivity index (χ4n) is 5.01. The highest BCUT2D eigenvalue weighted by Crippen LogP contribution is 2.39. The van der Waals surface area contributed by atoms with Crippen LogP contribution in [0.4, 0.5) is 0 Å². The van der Waals surface area contributed by atoms with E-state index in [1.165, 1.54) is 5.56 Å². The van der Waals surface area contributed by atoms with Gasteiger partial charge in [0, 0.05) is 51.7 Å². The Hall–Kier alpha value is -1.47. The van der Waals surface area contributed by atoms with E-state index in [1.807, 2.05) is 11.0 Å². The third-order valence-corrected chi connectivity index (χ3v) is 6.19. The zero-order valence-corrected chi connectivity index (χ0v) is 15.3. The number of hydrogen-bond acceptors (Lipinski definition) is 5. The zero-order chi connectivity index (χ0) is 18.1. The molecule has 2 atom stereocenters. The van der Waals surface area contributed by atoms with E-state index in [0.29, 0.717) is 6.54 Å². The Kier molecular flexibility index (Phi) is 5.01. The summed E-state index contributed by atoms with van der Waals surface area (Å²) in [7, 11) is 0. The summed E-state index contributed by atoms with van der Waals surface area (Å²) in [5.41, 5.74) is 1.33. The SMILES string of the molecule is O=C(CCO)N1C[C@H]2C[C@@H](O)CN2C2(CN(CCc3ccccc3)C2)C1. The minimum atomic E-state index is -0.289. The number of carbonyl (C=O) groups excluding carboxylic acids is 1. The van der Waals surface area contributed by atoms with E-state index < -0.39 is 0 Å². The smallest absolute Gasteiger partial charge is 0.224 e. The van der Waals surface area contributed by atoms with Crippen LogP contribution in [0.2, 0.25) is 0 Å². The molecule has 0 radical (unpaired) electrons. The van der Waals surface area contributed by atoms with Crippen molar-refractivity contribution in [3.8, 4) is 0 Å². The second-order valence-corrected chi connectivity index (χ2v) is 8.11. The second-order valence-electron chi connectivity index (χ2n) is 8.11. The van der Waals surface area contributed by atoms with Crippen LogP contribution in [0.5, 0.6) is 0 Å². The molecule has 3 fully saturated rings. The van der Waals surface area contributed by atoms with Gasteiger partial charge in [0.25, 0.3) is 0 Å². The summed E-state index contributed by atoms with van der Waals surface area (Å²) in [4.78, 5) is 19.2. The van der Waals surface area contributed by atoms with E-state index >= 15 is 0 Å². The predicted molar refractivity (Wildman–Crippen MR) is 98.7 cm³/mol. The summed E-state index contributed by atoms with van der Waals surface area (Å²) in [5.74, 6) is 0.0376. The maximum Gasteiger partial charge on any atom is 0.224 e. The predicted octanol–water partition coefficient (Wildman–Crippen LogP) is -0.0567. The van der Waals surface area contributed by atoms with Crippen molar-refractivity contribution in [2.75, 3.05) is 45.9 Å². The Labute approximate surface area is 155 Å². The van der Waals surface area contributed by atoms with Crippen LogP contribution in [-0.4, -0.2) is 94.4 Å². The quantitative estimate of drug-likeness (QED) is 0.771. The van der Waals surface area contributed by atoms with Gasteiger partial charge in [-0.1, -0.05) is 30.3 Å². The van der Waals surface area contributed by atoms with Crippen LogP contribution < -0.4 is 0 Å². The number of likely N-dealkylation sites (tertiary alicyclic amines) is 1. The third-order valence-electron chi connectivity index (χ3n) is 6.19. The first kappa shape index (κ1) is 17.9. The van der Waals surface area contributed by atoms with E-state index in [-0.39, 0.29) is 36.6 Å². The molecule has 2 N–H and O–H groups in total. The van der Waals surface area contributed by atoms with Crippen molar-refractivity contribution in [2.24, 2.45) is 0 Å². The number of piperazine rings is 1. The van der Waals surface area contributed by atoms with Gasteiger partial charge in [-0.05, 0) is 18.4 Å². The van der Waals surface area contributed by atoms with Crippen LogP contribution in [0.25, 0.3) is 0 Å². The minimum absolute atomic E-state index is 0.0256. The number of fused-ring (bicyclic) bond motifs is 2. The molecule has 1 spiro atoms. The largest absolute Gasteiger partial charge is 0.396 e. The van der Waals surface area contributed by atoms with Crippen LogP contribution in [0.3, 0.4) is 0 Å². The van der Waals surface area contributed by atoms with Crippen molar-refractivity contribution in [3.63, 3.8) is 0 Å². The van der Waals surface area contributed by atoms with Gasteiger partial charge in [0.15, 0.2) is 0 Å². The molecule has 6 heteroatoms. The molecule has 1 amide bonds. The fraction of sp³-hybridized carbons (Fsp3) is 0.650. The lowest BCUT2D eigenvalue weighted by atomic mass is 9.83. The van der Waals surface area contributed by atoms with Gasteiger partial charge in [0.05, 0.1) is 18.2 Å². The van der Waals surface area contributed by atoms with Crippen molar-refractivity contribution >= 4 is 5.91 Å². The Morgan fingerprint density at radius 2 is 1.92 bits per heavy atom. The molecule has 6 nitrogen and oxygen atoms in total. The van der Waals surface area contributed by atoms with E-state index in [2.05, 4.69) is 34.1 Å². The summed E-state index contributed by atoms with van der Waals surface area (Å²) in [5, 5.41) is 19.3. The van der Waals surface area contributed by atoms with Crippen molar-refractivity contribution < 1.29 is 15.0 Å². The van der Waals surface area contributed by atoms with Gasteiger partial charge >= 0.3 is 0 Å². The van der Waals surface area contributed by atoms with Gasteiger partial charge in [-0.25, -0.2) is 0 Å². The molecule has 3 aliphatic rings. The van der Waals surface area contributed by atoms with Crippen LogP contribution in [0.1, 0.15) is 18.4 Å². The average Bonchev–Trinajstić information content (AvgIpc) is 2.99. The van der Waals surface area contributed by atoms with Gasteiger partial charge in [-0.15, -0.1) is 0 Å². The number of aliphatic hydroxyl groups excluding tert-OH is 2. The van der Waals surface area contributed by atoms with Crippen molar-refractivity contribution in [1.82, 2.24) is 14.7 Å². The first-order chi connectivity index (χ1) is 12.6. The van der Waals surface area contributed by atoms with Gasteiger partial charge in [0.2, 0.25) is 5.91 Å². The summed E-state index contributed by atoms with van der Waals surface area (Å²) in [6.07, 6.45) is 1.69. The molecular formula is C20H29N3O3. The monoisotopic (exact) mass is 359 g/mol. The highest BCUT2D eigenvalue weighted by Gasteiger charge is 2.56. The van der Waals surface area contributed by atoms with E-state index in [1.54, 1.807) is 0 Å². The van der Waals surface area contributed by atoms with Crippen LogP contribution in [0.15, 0.2) is 30.3 Å². The molecule has 3 aliphatic heterocycles. The summed E-state index contributed by atoms with van der Waals surface area (Å²) < 4.78 is 0. The zero-order valence-electron chi connectivity index (χ0n) is 15.3. The number of amides is 1. The first-order valence-corrected chi connectivity index (χ1v) is 9.69. The standard InChI is InChI=1S/C20H29N3O3/c24-9-7-19(26)22-11-17-10-18(25)12-23(17)20(15-22)13-21(14-20)8-6-16-4-2-1-3-5-16/h1-5,17-18,24-25H,6-15H2/t17-,18-/m1/s1. The van der Waals surface area contributed by atoms with Gasteiger partial charge in [-0.2, -0.15) is 0 Å². The highest BCUT2D eigenvalue weighted by molar-refractivity contribution is 5.76. The number of rotatable bonds is 5. The second kappa shape index (κ2) is 7.27. The van der Waals surface area contributed by atoms with Gasteiger partial charge in [-0.3, -0.25) is 14.6 Å². The number of hydrogen-bond donors (Lipinski definition) is 2. The number of benzene rings is 1. The molecule has 1 aromatic carbocycles. The van der Waals surface area contributed by atoms with Crippen molar-refractivity contribution in [3.05, 3.63) is 35.9 Å². The molecular weight excluding hydrogens is 330 g/mol. The lowest BCUT2D eigenvalue weighted by molar-refractivity contribution is -0.150. The highest BCUT2D eigenvalue weighted by atomic mass is 16.3. The maximum absolute atomic E-state index is 12.4. The minimum Gasteiger partial charge on any atom is -0.396 e. The maximum atomic E-state index is 12.4. The normalized spacial score (nSPS) is 28.2. The van der Waals surface area contributed by atoms with Crippen molar-refractivity contribution in [1.29, 1.82) is 0 Å². The molecule has 0 unspecified atom stereocenters. The average molecular weight is 359 g/mol. The molecule has 4 rings (SSSR count). The Morgan fingerprint density at radius 1 is 1.15 bits per heavy atom. The molecule has 0 aromatic heterocycles. The molecule has 3 saturated heterocycles. The lowest BCUT2D eigenvalue weighted by Gasteiger charge is -2.61. The van der Waals surface area contributed by atoms with E-state index in [9.17, 15) is 9.90 Å². The van der Waals surface area contributed by atoms with Gasteiger partial charge in [0.1, 0.15) is 0 Å². The Balaban J connectivity index is 1.40. The molecule has 0 bridgehead atoms. The summed E-state index contributed by atoms with van der Waals surface area (Å²) in [6, 6.07) is 10.8. The van der Waals surface area contributed by atoms with Gasteiger partial charge < -0.3 is 15.1 Å².